The van der Waals surface area contributed by atoms with Gasteiger partial charge in [-0.3, -0.25) is 14.4 Å². The molecule has 250 valence electrons. The van der Waals surface area contributed by atoms with Gasteiger partial charge in [0.1, 0.15) is 17.6 Å². The number of nitrogens with one attached hydrogen (secondary N) is 1. The van der Waals surface area contributed by atoms with Gasteiger partial charge < -0.3 is 29.2 Å². The van der Waals surface area contributed by atoms with E-state index in [-0.39, 0.29) is 36.9 Å². The molecular weight excluding hydrogens is 586 g/mol. The molecule has 0 saturated heterocycles. The fraction of sp³-hybridized carbons (Fsp3) is 0.556. The third-order valence-electron chi connectivity index (χ3n) is 9.31. The summed E-state index contributed by atoms with van der Waals surface area (Å²) in [5, 5.41) is 3.80. The second-order valence-electron chi connectivity index (χ2n) is 12.3. The molecule has 2 amide bonds. The SMILES string of the molecule is C=CCCCCN(C)C(=O)C1C[C@H](Oc2cc(OCC)nc3c(C)c(OC)ccc23)C[C@H]1C(=O)NC[C@]1(C(=O)OCC)C[C@H]1C=C. The first kappa shape index (κ1) is 34.8. The summed E-state index contributed by atoms with van der Waals surface area (Å²) >= 11 is 0. The van der Waals surface area contributed by atoms with E-state index in [9.17, 15) is 14.4 Å². The summed E-state index contributed by atoms with van der Waals surface area (Å²) in [5.41, 5.74) is 0.744. The van der Waals surface area contributed by atoms with Crippen LogP contribution in [0, 0.1) is 30.1 Å². The van der Waals surface area contributed by atoms with E-state index in [1.54, 1.807) is 38.1 Å². The lowest BCUT2D eigenvalue weighted by molar-refractivity contribution is -0.150. The number of methoxy groups -OCH3 is 1. The van der Waals surface area contributed by atoms with Crippen LogP contribution in [-0.2, 0) is 19.1 Å². The van der Waals surface area contributed by atoms with Crippen LogP contribution in [0.25, 0.3) is 10.9 Å². The number of nitrogens with zero attached hydrogens (tertiary/aromatic N) is 2. The predicted octanol–water partition coefficient (Wildman–Crippen LogP) is 5.41. The van der Waals surface area contributed by atoms with Gasteiger partial charge in [-0.2, -0.15) is 0 Å². The highest BCUT2D eigenvalue weighted by Crippen LogP contribution is 2.54. The molecule has 1 aromatic heterocycles. The Balaban J connectivity index is 1.58. The quantitative estimate of drug-likeness (QED) is 0.139. The molecule has 5 atom stereocenters. The molecule has 1 aromatic carbocycles. The van der Waals surface area contributed by atoms with Gasteiger partial charge in [-0.05, 0) is 77.3 Å². The van der Waals surface area contributed by atoms with Crippen molar-refractivity contribution in [1.82, 2.24) is 15.2 Å². The van der Waals surface area contributed by atoms with Crippen LogP contribution in [0.2, 0.25) is 0 Å². The van der Waals surface area contributed by atoms with Gasteiger partial charge in [0.15, 0.2) is 0 Å². The molecule has 10 heteroatoms. The molecule has 0 bridgehead atoms. The third-order valence-corrected chi connectivity index (χ3v) is 9.31. The third kappa shape index (κ3) is 7.48. The van der Waals surface area contributed by atoms with Crippen molar-refractivity contribution in [2.75, 3.05) is 40.5 Å². The number of allylic oxidation sites excluding steroid dienone is 2. The van der Waals surface area contributed by atoms with E-state index in [1.165, 1.54) is 0 Å². The van der Waals surface area contributed by atoms with Crippen LogP contribution in [0.1, 0.15) is 57.9 Å². The maximum atomic E-state index is 13.8. The van der Waals surface area contributed by atoms with Crippen LogP contribution in [0.15, 0.2) is 43.5 Å². The summed E-state index contributed by atoms with van der Waals surface area (Å²) in [6.07, 6.45) is 7.14. The van der Waals surface area contributed by atoms with Gasteiger partial charge in [0.2, 0.25) is 17.7 Å². The van der Waals surface area contributed by atoms with Gasteiger partial charge in [-0.15, -0.1) is 13.2 Å². The standard InChI is InChI=1S/C36H49N3O7/c1-8-12-13-14-17-39(6)34(41)28-19-25(18-27(28)33(40)37-22-36(21-24(36)9-2)35(42)45-11-4)46-30-20-31(44-10-3)38-32-23(5)29(43-7)16-15-26(30)32/h8-9,15-16,20,24-25,27-28H,1-2,10-14,17-19,21-22H2,3-7H3,(H,37,40)/t24-,25-,27-,28?,36-/m1/s1. The second kappa shape index (κ2) is 15.5. The second-order valence-corrected chi connectivity index (χ2v) is 12.3. The highest BCUT2D eigenvalue weighted by atomic mass is 16.5. The van der Waals surface area contributed by atoms with E-state index in [2.05, 4.69) is 18.5 Å². The van der Waals surface area contributed by atoms with Gasteiger partial charge in [-0.1, -0.05) is 12.2 Å². The molecule has 0 spiro atoms. The largest absolute Gasteiger partial charge is 0.496 e. The van der Waals surface area contributed by atoms with Crippen LogP contribution >= 0.6 is 0 Å². The van der Waals surface area contributed by atoms with Crippen molar-refractivity contribution in [3.63, 3.8) is 0 Å². The highest BCUT2D eigenvalue weighted by molar-refractivity contribution is 5.91. The average Bonchev–Trinajstić information content (AvgIpc) is 3.63. The van der Waals surface area contributed by atoms with Crippen LogP contribution in [0.3, 0.4) is 0 Å². The van der Waals surface area contributed by atoms with Crippen molar-refractivity contribution in [2.24, 2.45) is 23.2 Å². The fourth-order valence-corrected chi connectivity index (χ4v) is 6.56. The molecule has 2 aliphatic rings. The van der Waals surface area contributed by atoms with Crippen LogP contribution < -0.4 is 19.5 Å². The number of esters is 1. The van der Waals surface area contributed by atoms with Crippen LogP contribution in [0.4, 0.5) is 0 Å². The average molecular weight is 636 g/mol. The lowest BCUT2D eigenvalue weighted by Gasteiger charge is -2.25. The zero-order chi connectivity index (χ0) is 33.4. The number of hydrogen-bond acceptors (Lipinski definition) is 8. The number of carbonyl (C=O) groups is 3. The normalized spacial score (nSPS) is 23.3. The maximum absolute atomic E-state index is 13.8. The van der Waals surface area contributed by atoms with E-state index >= 15 is 0 Å². The molecule has 1 unspecified atom stereocenters. The Labute approximate surface area is 272 Å². The van der Waals surface area contributed by atoms with E-state index < -0.39 is 23.4 Å². The number of aromatic nitrogens is 1. The number of aryl methyl sites for hydroxylation is 1. The minimum absolute atomic E-state index is 0.0628. The predicted molar refractivity (Wildman–Crippen MR) is 177 cm³/mol. The van der Waals surface area contributed by atoms with Crippen molar-refractivity contribution in [3.05, 3.63) is 49.1 Å². The number of fused-ring (bicyclic) bond motifs is 1. The first-order chi connectivity index (χ1) is 22.1. The molecule has 2 aromatic rings. The van der Waals surface area contributed by atoms with Gasteiger partial charge in [0, 0.05) is 37.2 Å². The van der Waals surface area contributed by atoms with E-state index in [0.717, 1.165) is 30.2 Å². The summed E-state index contributed by atoms with van der Waals surface area (Å²) in [7, 11) is 3.40. The highest BCUT2D eigenvalue weighted by Gasteiger charge is 2.60. The molecule has 2 aliphatic carbocycles. The minimum atomic E-state index is -0.812. The summed E-state index contributed by atoms with van der Waals surface area (Å²) in [4.78, 5) is 46.9. The Morgan fingerprint density at radius 2 is 1.87 bits per heavy atom. The number of amides is 2. The van der Waals surface area contributed by atoms with Crippen molar-refractivity contribution < 1.29 is 33.3 Å². The molecule has 1 heterocycles. The minimum Gasteiger partial charge on any atom is -0.496 e. The topological polar surface area (TPSA) is 116 Å². The number of ether oxygens (including phenoxy) is 4. The van der Waals surface area contributed by atoms with Crippen molar-refractivity contribution in [3.8, 4) is 17.4 Å². The summed E-state index contributed by atoms with van der Waals surface area (Å²) in [5.74, 6) is -0.261. The monoisotopic (exact) mass is 635 g/mol. The van der Waals surface area contributed by atoms with E-state index in [1.807, 2.05) is 32.1 Å². The number of rotatable bonds is 17. The van der Waals surface area contributed by atoms with Gasteiger partial charge in [0.05, 0.1) is 43.1 Å². The van der Waals surface area contributed by atoms with Crippen LogP contribution in [0.5, 0.6) is 17.4 Å². The Kier molecular flexibility index (Phi) is 11.7. The Morgan fingerprint density at radius 1 is 1.11 bits per heavy atom. The maximum Gasteiger partial charge on any atom is 0.314 e. The number of benzene rings is 1. The van der Waals surface area contributed by atoms with Gasteiger partial charge in [-0.25, -0.2) is 4.98 Å². The van der Waals surface area contributed by atoms with Crippen molar-refractivity contribution >= 4 is 28.7 Å². The number of pyridine rings is 1. The lowest BCUT2D eigenvalue weighted by atomic mass is 9.93. The number of carbonyl (C=O) groups excluding carboxylic acids is 3. The fourth-order valence-electron chi connectivity index (χ4n) is 6.56. The molecule has 46 heavy (non-hydrogen) atoms. The summed E-state index contributed by atoms with van der Waals surface area (Å²) in [6.45, 7) is 14.6. The first-order valence-corrected chi connectivity index (χ1v) is 16.3. The summed E-state index contributed by atoms with van der Waals surface area (Å²) < 4.78 is 23.2. The van der Waals surface area contributed by atoms with Crippen LogP contribution in [-0.4, -0.2) is 74.2 Å². The first-order valence-electron chi connectivity index (χ1n) is 16.3. The molecule has 0 aliphatic heterocycles. The zero-order valence-electron chi connectivity index (χ0n) is 27.9. The van der Waals surface area contributed by atoms with E-state index in [0.29, 0.717) is 55.3 Å². The Morgan fingerprint density at radius 3 is 2.52 bits per heavy atom. The Bertz CT molecular complexity index is 1440. The van der Waals surface area contributed by atoms with Gasteiger partial charge >= 0.3 is 5.97 Å². The molecule has 1 N–H and O–H groups in total. The molecule has 2 saturated carbocycles. The zero-order valence-corrected chi connectivity index (χ0v) is 27.9. The molecule has 4 rings (SSSR count). The van der Waals surface area contributed by atoms with E-state index in [4.69, 9.17) is 23.9 Å². The Hall–Kier alpha value is -4.08. The van der Waals surface area contributed by atoms with Crippen molar-refractivity contribution in [1.29, 1.82) is 0 Å². The number of hydrogen-bond donors (Lipinski definition) is 1. The lowest BCUT2D eigenvalue weighted by Crippen LogP contribution is -2.43. The molecule has 2 fully saturated rings. The molecule has 10 nitrogen and oxygen atoms in total. The smallest absolute Gasteiger partial charge is 0.314 e. The molecule has 0 radical (unpaired) electrons. The number of unbranched alkanes of at least 4 members (excludes halogenated alkanes) is 2. The van der Waals surface area contributed by atoms with Crippen molar-refractivity contribution in [2.45, 2.75) is 65.4 Å². The summed E-state index contributed by atoms with van der Waals surface area (Å²) in [6, 6.07) is 5.54. The van der Waals surface area contributed by atoms with Gasteiger partial charge in [0.25, 0.3) is 0 Å². The molecular formula is C36H49N3O7.